The molecule has 1 unspecified atom stereocenters. The molecule has 122 valence electrons. The first-order valence-electron chi connectivity index (χ1n) is 7.95. The third-order valence-electron chi connectivity index (χ3n) is 4.36. The van der Waals surface area contributed by atoms with Gasteiger partial charge >= 0.3 is 0 Å². The highest BCUT2D eigenvalue weighted by molar-refractivity contribution is 6.33. The molecule has 0 bridgehead atoms. The third-order valence-corrected chi connectivity index (χ3v) is 4.67. The Kier molecular flexibility index (Phi) is 4.98. The van der Waals surface area contributed by atoms with Crippen molar-refractivity contribution in [2.75, 3.05) is 18.0 Å². The molecule has 2 heterocycles. The average molecular weight is 334 g/mol. The molecule has 23 heavy (non-hydrogen) atoms. The zero-order valence-electron chi connectivity index (χ0n) is 12.9. The lowest BCUT2D eigenvalue weighted by Crippen LogP contribution is -2.34. The van der Waals surface area contributed by atoms with E-state index in [0.29, 0.717) is 11.1 Å². The lowest BCUT2D eigenvalue weighted by atomic mass is 9.96. The van der Waals surface area contributed by atoms with Crippen LogP contribution in [0.5, 0.6) is 0 Å². The fourth-order valence-corrected chi connectivity index (χ4v) is 3.37. The number of anilines is 1. The Labute approximate surface area is 140 Å². The minimum absolute atomic E-state index is 0.0133. The van der Waals surface area contributed by atoms with Crippen LogP contribution < -0.4 is 10.2 Å². The molecule has 1 N–H and O–H groups in total. The number of piperidine rings is 1. The molecule has 1 saturated heterocycles. The fraction of sp³-hybridized carbons (Fsp3) is 0.412. The molecule has 1 fully saturated rings. The number of nitro groups is 1. The molecule has 1 atom stereocenters. The summed E-state index contributed by atoms with van der Waals surface area (Å²) in [6.45, 7) is 1.85. The molecular formula is C17H20ClN3O2. The highest BCUT2D eigenvalue weighted by Gasteiger charge is 2.17. The summed E-state index contributed by atoms with van der Waals surface area (Å²) in [6.07, 6.45) is 11.2. The Morgan fingerprint density at radius 3 is 2.87 bits per heavy atom. The lowest BCUT2D eigenvalue weighted by Gasteiger charge is -2.27. The smallest absolute Gasteiger partial charge is 0.271 e. The maximum absolute atomic E-state index is 10.8. The molecule has 1 aromatic rings. The monoisotopic (exact) mass is 333 g/mol. The summed E-state index contributed by atoms with van der Waals surface area (Å²) in [6, 6.07) is 5.16. The second kappa shape index (κ2) is 7.15. The Hall–Kier alpha value is -1.85. The molecule has 6 heteroatoms. The van der Waals surface area contributed by atoms with E-state index in [0.717, 1.165) is 25.2 Å². The van der Waals surface area contributed by atoms with Crippen LogP contribution in [0, 0.1) is 10.1 Å². The van der Waals surface area contributed by atoms with Gasteiger partial charge in [-0.2, -0.15) is 0 Å². The molecule has 0 saturated carbocycles. The Bertz CT molecular complexity index is 651. The summed E-state index contributed by atoms with van der Waals surface area (Å²) < 4.78 is 0. The first-order chi connectivity index (χ1) is 11.1. The molecule has 0 spiro atoms. The van der Waals surface area contributed by atoms with Gasteiger partial charge in [0.1, 0.15) is 0 Å². The third kappa shape index (κ3) is 3.92. The molecule has 1 aromatic carbocycles. The van der Waals surface area contributed by atoms with E-state index >= 15 is 0 Å². The predicted molar refractivity (Wildman–Crippen MR) is 92.9 cm³/mol. The van der Waals surface area contributed by atoms with Crippen LogP contribution in [0.15, 0.2) is 42.1 Å². The van der Waals surface area contributed by atoms with Gasteiger partial charge in [0.15, 0.2) is 0 Å². The van der Waals surface area contributed by atoms with Crippen molar-refractivity contribution in [1.29, 1.82) is 0 Å². The van der Waals surface area contributed by atoms with E-state index < -0.39 is 4.92 Å². The summed E-state index contributed by atoms with van der Waals surface area (Å²) in [7, 11) is 0. The highest BCUT2D eigenvalue weighted by atomic mass is 35.5. The summed E-state index contributed by atoms with van der Waals surface area (Å²) in [4.78, 5) is 12.3. The zero-order valence-corrected chi connectivity index (χ0v) is 13.6. The van der Waals surface area contributed by atoms with Crippen molar-refractivity contribution in [2.45, 2.75) is 31.7 Å². The SMILES string of the molecule is O=[N+]([O-])c1ccc(N2C=CC(CC3CCCCN3)=CC2)c(Cl)c1. The second-order valence-electron chi connectivity index (χ2n) is 5.99. The number of benzene rings is 1. The molecule has 2 aliphatic heterocycles. The maximum atomic E-state index is 10.8. The van der Waals surface area contributed by atoms with Crippen LogP contribution in [-0.2, 0) is 0 Å². The van der Waals surface area contributed by atoms with Crippen molar-refractivity contribution in [3.05, 3.63) is 57.3 Å². The number of allylic oxidation sites excluding steroid dienone is 1. The fourth-order valence-electron chi connectivity index (χ4n) is 3.09. The Balaban J connectivity index is 1.64. The number of non-ortho nitro benzene ring substituents is 1. The van der Waals surface area contributed by atoms with Gasteiger partial charge in [0.05, 0.1) is 15.6 Å². The molecule has 0 amide bonds. The van der Waals surface area contributed by atoms with Gasteiger partial charge in [0, 0.05) is 30.9 Å². The van der Waals surface area contributed by atoms with E-state index in [2.05, 4.69) is 17.5 Å². The van der Waals surface area contributed by atoms with E-state index in [1.165, 1.54) is 37.0 Å². The normalized spacial score (nSPS) is 21.2. The molecule has 0 aliphatic carbocycles. The van der Waals surface area contributed by atoms with Gasteiger partial charge in [-0.25, -0.2) is 0 Å². The Morgan fingerprint density at radius 2 is 2.26 bits per heavy atom. The van der Waals surface area contributed by atoms with Gasteiger partial charge in [-0.3, -0.25) is 10.1 Å². The van der Waals surface area contributed by atoms with E-state index in [4.69, 9.17) is 11.6 Å². The summed E-state index contributed by atoms with van der Waals surface area (Å²) in [5.41, 5.74) is 2.14. The lowest BCUT2D eigenvalue weighted by molar-refractivity contribution is -0.384. The molecule has 5 nitrogen and oxygen atoms in total. The van der Waals surface area contributed by atoms with Crippen molar-refractivity contribution in [2.24, 2.45) is 0 Å². The van der Waals surface area contributed by atoms with Gasteiger partial charge in [-0.1, -0.05) is 24.1 Å². The van der Waals surface area contributed by atoms with Crippen LogP contribution in [0.4, 0.5) is 11.4 Å². The number of halogens is 1. The summed E-state index contributed by atoms with van der Waals surface area (Å²) in [5, 5.41) is 14.7. The van der Waals surface area contributed by atoms with Gasteiger partial charge < -0.3 is 10.2 Å². The minimum Gasteiger partial charge on any atom is -0.343 e. The van der Waals surface area contributed by atoms with Crippen LogP contribution >= 0.6 is 11.6 Å². The maximum Gasteiger partial charge on any atom is 0.271 e. The van der Waals surface area contributed by atoms with Crippen LogP contribution in [-0.4, -0.2) is 24.1 Å². The number of hydrogen-bond donors (Lipinski definition) is 1. The number of nitro benzene ring substituents is 1. The van der Waals surface area contributed by atoms with Crippen molar-refractivity contribution in [3.63, 3.8) is 0 Å². The number of nitrogens with zero attached hydrogens (tertiary/aromatic N) is 2. The standard InChI is InChI=1S/C17H20ClN3O2/c18-16-12-15(21(22)23)4-5-17(16)20-9-6-13(7-10-20)11-14-3-1-2-8-19-14/h4-7,9,12,14,19H,1-3,8,10-11H2. The topological polar surface area (TPSA) is 58.4 Å². The average Bonchev–Trinajstić information content (AvgIpc) is 2.56. The number of hydrogen-bond acceptors (Lipinski definition) is 4. The van der Waals surface area contributed by atoms with Gasteiger partial charge in [0.2, 0.25) is 0 Å². The summed E-state index contributed by atoms with van der Waals surface area (Å²) in [5.74, 6) is 0. The van der Waals surface area contributed by atoms with Crippen molar-refractivity contribution in [1.82, 2.24) is 5.32 Å². The largest absolute Gasteiger partial charge is 0.343 e. The molecule has 0 radical (unpaired) electrons. The first kappa shape index (κ1) is 16.0. The van der Waals surface area contributed by atoms with E-state index in [9.17, 15) is 10.1 Å². The van der Waals surface area contributed by atoms with Gasteiger partial charge in [-0.05, 0) is 43.5 Å². The van der Waals surface area contributed by atoms with Crippen molar-refractivity contribution in [3.8, 4) is 0 Å². The number of rotatable bonds is 4. The van der Waals surface area contributed by atoms with Crippen molar-refractivity contribution >= 4 is 23.0 Å². The second-order valence-corrected chi connectivity index (χ2v) is 6.40. The molecular weight excluding hydrogens is 314 g/mol. The van der Waals surface area contributed by atoms with Crippen LogP contribution in [0.25, 0.3) is 0 Å². The van der Waals surface area contributed by atoms with Crippen LogP contribution in [0.2, 0.25) is 5.02 Å². The zero-order chi connectivity index (χ0) is 16.2. The quantitative estimate of drug-likeness (QED) is 0.667. The number of nitrogens with one attached hydrogen (secondary N) is 1. The van der Waals surface area contributed by atoms with E-state index in [1.807, 2.05) is 11.1 Å². The minimum atomic E-state index is -0.434. The van der Waals surface area contributed by atoms with Crippen molar-refractivity contribution < 1.29 is 4.92 Å². The first-order valence-corrected chi connectivity index (χ1v) is 8.32. The summed E-state index contributed by atoms with van der Waals surface area (Å²) >= 11 is 6.19. The van der Waals surface area contributed by atoms with Gasteiger partial charge in [0.25, 0.3) is 5.69 Å². The van der Waals surface area contributed by atoms with Crippen LogP contribution in [0.1, 0.15) is 25.7 Å². The van der Waals surface area contributed by atoms with Gasteiger partial charge in [-0.15, -0.1) is 0 Å². The van der Waals surface area contributed by atoms with Crippen LogP contribution in [0.3, 0.4) is 0 Å². The molecule has 0 aromatic heterocycles. The Morgan fingerprint density at radius 1 is 1.39 bits per heavy atom. The van der Waals surface area contributed by atoms with E-state index in [1.54, 1.807) is 6.07 Å². The predicted octanol–water partition coefficient (Wildman–Crippen LogP) is 4.04. The highest BCUT2D eigenvalue weighted by Crippen LogP contribution is 2.31. The van der Waals surface area contributed by atoms with E-state index in [-0.39, 0.29) is 5.69 Å². The molecule has 2 aliphatic rings. The molecule has 3 rings (SSSR count).